The van der Waals surface area contributed by atoms with Gasteiger partial charge in [0, 0.05) is 37.1 Å². The van der Waals surface area contributed by atoms with E-state index in [0.717, 1.165) is 48.2 Å². The topological polar surface area (TPSA) is 384 Å². The third-order valence-corrected chi connectivity index (χ3v) is 13.8. The van der Waals surface area contributed by atoms with Gasteiger partial charge in [0.05, 0.1) is 25.6 Å². The molecule has 2 amide bonds. The molecule has 8 atom stereocenters. The van der Waals surface area contributed by atoms with Crippen molar-refractivity contribution in [1.29, 1.82) is 0 Å². The standard InChI is InChI=1S/C35H62N7O18P3S/c1-4-5-6-7-8-9-10-11-12-13-23(43)18-26(45)64-17-16-37-25(44)14-15-38-33(48)30(47)35(2,3)20-57-63(54,55)60-62(52,53)56-19-24-29(59-61(49,50)51)28(46)34(58-24)42-22-41-27-31(36)39-21-40-32(27)42/h21-24,28-30,34,43,46-47H,4-20H2,1-3H3,(H,37,44)(H,38,48)(H,52,53)(H,54,55)(H2,36,39,40)(H2,49,50,51)/t23-,24+,28+,29+,30?,34+/m0/s1. The van der Waals surface area contributed by atoms with Gasteiger partial charge in [-0.15, -0.1) is 0 Å². The number of rotatable bonds is 31. The molecule has 29 heteroatoms. The number of nitrogens with zero attached hydrogens (tertiary/aromatic N) is 4. The second-order valence-electron chi connectivity index (χ2n) is 15.8. The first-order valence-electron chi connectivity index (χ1n) is 20.7. The molecule has 25 nitrogen and oxygen atoms in total. The van der Waals surface area contributed by atoms with Crippen LogP contribution >= 0.6 is 35.2 Å². The molecule has 0 radical (unpaired) electrons. The lowest BCUT2D eigenvalue weighted by atomic mass is 9.87. The lowest BCUT2D eigenvalue weighted by Gasteiger charge is -2.30. The zero-order chi connectivity index (χ0) is 47.7. The van der Waals surface area contributed by atoms with Crippen molar-refractivity contribution in [3.8, 4) is 0 Å². The van der Waals surface area contributed by atoms with E-state index in [1.54, 1.807) is 0 Å². The molecule has 1 fully saturated rings. The number of imidazole rings is 1. The van der Waals surface area contributed by atoms with Gasteiger partial charge >= 0.3 is 23.5 Å². The molecule has 1 aliphatic rings. The van der Waals surface area contributed by atoms with E-state index >= 15 is 0 Å². The summed E-state index contributed by atoms with van der Waals surface area (Å²) in [4.78, 5) is 88.2. The number of anilines is 1. The summed E-state index contributed by atoms with van der Waals surface area (Å²) in [5.74, 6) is -1.22. The number of nitrogens with one attached hydrogen (secondary N) is 2. The van der Waals surface area contributed by atoms with Crippen LogP contribution < -0.4 is 16.4 Å². The van der Waals surface area contributed by atoms with Crippen molar-refractivity contribution in [3.05, 3.63) is 12.7 Å². The molecule has 3 unspecified atom stereocenters. The number of nitrogens with two attached hydrogens (primary N) is 1. The number of aromatic nitrogens is 4. The van der Waals surface area contributed by atoms with E-state index in [1.165, 1.54) is 52.4 Å². The van der Waals surface area contributed by atoms with Crippen LogP contribution in [0.5, 0.6) is 0 Å². The quantitative estimate of drug-likeness (QED) is 0.0383. The van der Waals surface area contributed by atoms with Gasteiger partial charge in [-0.1, -0.05) is 90.3 Å². The van der Waals surface area contributed by atoms with Gasteiger partial charge in [-0.2, -0.15) is 4.31 Å². The van der Waals surface area contributed by atoms with Crippen molar-refractivity contribution in [3.63, 3.8) is 0 Å². The molecule has 2 aromatic rings. The number of aliphatic hydroxyl groups excluding tert-OH is 3. The lowest BCUT2D eigenvalue weighted by molar-refractivity contribution is -0.137. The number of unbranched alkanes of at least 4 members (excludes halogenated alkanes) is 8. The summed E-state index contributed by atoms with van der Waals surface area (Å²) in [6, 6.07) is 0. The van der Waals surface area contributed by atoms with Crippen molar-refractivity contribution in [2.24, 2.45) is 5.41 Å². The van der Waals surface area contributed by atoms with Gasteiger partial charge in [0.1, 0.15) is 36.3 Å². The van der Waals surface area contributed by atoms with Gasteiger partial charge in [0.25, 0.3) is 0 Å². The highest BCUT2D eigenvalue weighted by atomic mass is 32.2. The fourth-order valence-electron chi connectivity index (χ4n) is 6.34. The number of ether oxygens (including phenoxy) is 1. The normalized spacial score (nSPS) is 21.0. The molecule has 3 rings (SSSR count). The Morgan fingerprint density at radius 2 is 1.58 bits per heavy atom. The molecular weight excluding hydrogens is 931 g/mol. The number of carbonyl (C=O) groups is 3. The molecule has 11 N–H and O–H groups in total. The summed E-state index contributed by atoms with van der Waals surface area (Å²) in [5, 5.41) is 36.5. The van der Waals surface area contributed by atoms with Gasteiger partial charge in [-0.05, 0) is 6.42 Å². The van der Waals surface area contributed by atoms with E-state index in [-0.39, 0.29) is 53.8 Å². The van der Waals surface area contributed by atoms with Gasteiger partial charge < -0.3 is 56.0 Å². The molecule has 0 bridgehead atoms. The van der Waals surface area contributed by atoms with Crippen molar-refractivity contribution < 1.29 is 85.6 Å². The van der Waals surface area contributed by atoms with Crippen molar-refractivity contribution >= 4 is 69.1 Å². The number of phosphoric ester groups is 3. The molecular formula is C35H62N7O18P3S. The van der Waals surface area contributed by atoms with Crippen LogP contribution in [0.15, 0.2) is 12.7 Å². The van der Waals surface area contributed by atoms with Gasteiger partial charge in [0.15, 0.2) is 22.8 Å². The Hall–Kier alpha value is -2.48. The number of hydrogen-bond donors (Lipinski definition) is 10. The zero-order valence-corrected chi connectivity index (χ0v) is 39.4. The van der Waals surface area contributed by atoms with Gasteiger partial charge in [-0.25, -0.2) is 28.6 Å². The molecule has 64 heavy (non-hydrogen) atoms. The van der Waals surface area contributed by atoms with E-state index in [9.17, 15) is 63.0 Å². The number of amides is 2. The smallest absolute Gasteiger partial charge is 0.393 e. The molecule has 1 aliphatic heterocycles. The zero-order valence-electron chi connectivity index (χ0n) is 35.9. The Labute approximate surface area is 374 Å². The maximum atomic E-state index is 12.7. The number of fused-ring (bicyclic) bond motifs is 1. The number of aliphatic hydroxyl groups is 3. The molecule has 2 aromatic heterocycles. The summed E-state index contributed by atoms with van der Waals surface area (Å²) in [6.07, 6.45) is 3.31. The van der Waals surface area contributed by atoms with Gasteiger partial charge in [-0.3, -0.25) is 32.5 Å². The van der Waals surface area contributed by atoms with Crippen LogP contribution in [0.25, 0.3) is 11.2 Å². The highest BCUT2D eigenvalue weighted by Gasteiger charge is 2.50. The first kappa shape index (κ1) is 55.8. The SMILES string of the molecule is CCCCCCCCCCC[C@H](O)CC(=O)SCCNC(=O)CCNC(=O)C(O)C(C)(C)COP(=O)(O)OP(=O)(O)OC[C@H]1O[C@@H](n2cnc3c(N)ncnc32)[C@H](O)[C@@H]1OP(=O)(O)O. The Kier molecular flexibility index (Phi) is 22.8. The molecule has 0 aromatic carbocycles. The highest BCUT2D eigenvalue weighted by Crippen LogP contribution is 2.61. The Balaban J connectivity index is 1.36. The minimum atomic E-state index is -5.58. The van der Waals surface area contributed by atoms with E-state index < -0.39 is 90.7 Å². The Bertz CT molecular complexity index is 1960. The minimum absolute atomic E-state index is 0.0253. The summed E-state index contributed by atoms with van der Waals surface area (Å²) >= 11 is 0.995. The van der Waals surface area contributed by atoms with E-state index in [2.05, 4.69) is 41.3 Å². The fourth-order valence-corrected chi connectivity index (χ4v) is 9.91. The average molecular weight is 994 g/mol. The number of carbonyl (C=O) groups excluding carboxylic acids is 3. The largest absolute Gasteiger partial charge is 0.481 e. The van der Waals surface area contributed by atoms with Crippen LogP contribution in [0.4, 0.5) is 5.82 Å². The predicted octanol–water partition coefficient (Wildman–Crippen LogP) is 2.34. The monoisotopic (exact) mass is 993 g/mol. The molecule has 1 saturated heterocycles. The fraction of sp³-hybridized carbons (Fsp3) is 0.771. The van der Waals surface area contributed by atoms with Crippen LogP contribution in [0.1, 0.15) is 104 Å². The molecule has 366 valence electrons. The molecule has 0 saturated carbocycles. The number of hydrogen-bond acceptors (Lipinski definition) is 19. The second-order valence-corrected chi connectivity index (χ2v) is 21.2. The van der Waals surface area contributed by atoms with Gasteiger partial charge in [0.2, 0.25) is 11.8 Å². The Morgan fingerprint density at radius 3 is 2.23 bits per heavy atom. The summed E-state index contributed by atoms with van der Waals surface area (Å²) < 4.78 is 62.3. The van der Waals surface area contributed by atoms with E-state index in [4.69, 9.17) is 19.5 Å². The van der Waals surface area contributed by atoms with Crippen LogP contribution in [0, 0.1) is 5.41 Å². The summed E-state index contributed by atoms with van der Waals surface area (Å²) in [5.41, 5.74) is 4.25. The van der Waals surface area contributed by atoms with Crippen LogP contribution in [-0.2, 0) is 50.7 Å². The predicted molar refractivity (Wildman–Crippen MR) is 230 cm³/mol. The van der Waals surface area contributed by atoms with Crippen molar-refractivity contribution in [1.82, 2.24) is 30.2 Å². The van der Waals surface area contributed by atoms with Crippen LogP contribution in [0.3, 0.4) is 0 Å². The molecule has 3 heterocycles. The molecule has 0 aliphatic carbocycles. The highest BCUT2D eigenvalue weighted by molar-refractivity contribution is 8.13. The third-order valence-electron chi connectivity index (χ3n) is 9.81. The number of nitrogen functional groups attached to an aromatic ring is 1. The minimum Gasteiger partial charge on any atom is -0.393 e. The maximum absolute atomic E-state index is 12.7. The maximum Gasteiger partial charge on any atom is 0.481 e. The first-order valence-corrected chi connectivity index (χ1v) is 26.2. The summed E-state index contributed by atoms with van der Waals surface area (Å²) in [6.45, 7) is 2.59. The molecule has 0 spiro atoms. The average Bonchev–Trinajstić information content (AvgIpc) is 3.76. The van der Waals surface area contributed by atoms with Crippen LogP contribution in [-0.4, -0.2) is 134 Å². The number of thioether (sulfide) groups is 1. The third kappa shape index (κ3) is 19.4. The van der Waals surface area contributed by atoms with Crippen molar-refractivity contribution in [2.45, 2.75) is 135 Å². The number of phosphoric acid groups is 3. The van der Waals surface area contributed by atoms with Crippen molar-refractivity contribution in [2.75, 3.05) is 37.8 Å². The lowest BCUT2D eigenvalue weighted by Crippen LogP contribution is -2.46. The van der Waals surface area contributed by atoms with Crippen LogP contribution in [0.2, 0.25) is 0 Å². The Morgan fingerprint density at radius 1 is 0.938 bits per heavy atom. The van der Waals surface area contributed by atoms with E-state index in [1.807, 2.05) is 0 Å². The second kappa shape index (κ2) is 26.2. The summed E-state index contributed by atoms with van der Waals surface area (Å²) in [7, 11) is -16.4. The first-order chi connectivity index (χ1) is 29.9. The van der Waals surface area contributed by atoms with E-state index in [0.29, 0.717) is 6.42 Å².